The number of ketones is 1. The van der Waals surface area contributed by atoms with E-state index in [-0.39, 0.29) is 62.5 Å². The maximum Gasteiger partial charge on any atom is 0.312 e. The van der Waals surface area contributed by atoms with Crippen LogP contribution in [0.3, 0.4) is 0 Å². The van der Waals surface area contributed by atoms with Crippen molar-refractivity contribution in [3.63, 3.8) is 0 Å². The van der Waals surface area contributed by atoms with Crippen molar-refractivity contribution in [3.05, 3.63) is 92.8 Å². The first-order valence-electron chi connectivity index (χ1n) is 24.9. The lowest BCUT2D eigenvalue weighted by molar-refractivity contribution is -0.160. The zero-order valence-corrected chi connectivity index (χ0v) is 43.0. The summed E-state index contributed by atoms with van der Waals surface area (Å²) in [6.45, 7) is 15.4. The Morgan fingerprint density at radius 1 is 0.904 bits per heavy atom. The fourth-order valence-corrected chi connectivity index (χ4v) is 10.7. The first-order valence-corrected chi connectivity index (χ1v) is 24.9. The molecule has 4 aliphatic heterocycles. The fourth-order valence-electron chi connectivity index (χ4n) is 10.7. The number of nitrogens with zero attached hydrogens (tertiary/aromatic N) is 3. The summed E-state index contributed by atoms with van der Waals surface area (Å²) in [5, 5.41) is 62.2. The highest BCUT2D eigenvalue weighted by Crippen LogP contribution is 2.55. The molecule has 5 bridgehead atoms. The number of phenols is 3. The van der Waals surface area contributed by atoms with Gasteiger partial charge < -0.3 is 59.3 Å². The maximum absolute atomic E-state index is 16.0. The summed E-state index contributed by atoms with van der Waals surface area (Å²) in [5.41, 5.74) is 1.10. The lowest BCUT2D eigenvalue weighted by atomic mass is 9.78. The van der Waals surface area contributed by atoms with Gasteiger partial charge in [0.05, 0.1) is 52.4 Å². The molecule has 5 heterocycles. The van der Waals surface area contributed by atoms with E-state index in [4.69, 9.17) is 18.9 Å². The summed E-state index contributed by atoms with van der Waals surface area (Å²) >= 11 is 0. The van der Waals surface area contributed by atoms with Crippen LogP contribution in [-0.4, -0.2) is 116 Å². The summed E-state index contributed by atoms with van der Waals surface area (Å²) in [4.78, 5) is 58.2. The van der Waals surface area contributed by atoms with Crippen LogP contribution in [0.25, 0.3) is 21.7 Å². The average molecular weight is 1010 g/mol. The van der Waals surface area contributed by atoms with E-state index in [2.05, 4.69) is 9.88 Å². The average Bonchev–Trinajstić information content (AvgIpc) is 4.17. The van der Waals surface area contributed by atoms with Gasteiger partial charge >= 0.3 is 11.8 Å². The van der Waals surface area contributed by atoms with Gasteiger partial charge in [-0.1, -0.05) is 45.9 Å². The monoisotopic (exact) mass is 1010 g/mol. The SMILES string of the molecule is CO[C@H]1/C=C/O[C@@]2(C)Oc3c(C)c(O)c4c(O)c(c(CN5CCN(c6cc7c(cc6F)c(=O)c(C)cn7C6CC6)CC5)c(O)c4c3C2=O)NC(=O)/C(C)=C\C=C\[C@H](C)[C@H](O)[C@@H](C)[C@@H](O)[C@@H](C)[C@H](OC(C)=O)[C@@H]1C. The molecule has 73 heavy (non-hydrogen) atoms. The van der Waals surface area contributed by atoms with E-state index in [0.29, 0.717) is 48.3 Å². The van der Waals surface area contributed by atoms with Crippen LogP contribution in [0.4, 0.5) is 15.8 Å². The van der Waals surface area contributed by atoms with Gasteiger partial charge in [-0.05, 0) is 51.8 Å². The number of amides is 1. The molecule has 392 valence electrons. The molecule has 9 rings (SSSR count). The second-order valence-electron chi connectivity index (χ2n) is 20.5. The molecule has 0 unspecified atom stereocenters. The molecule has 1 saturated heterocycles. The smallest absolute Gasteiger partial charge is 0.312 e. The van der Waals surface area contributed by atoms with E-state index in [1.165, 1.54) is 59.3 Å². The first-order chi connectivity index (χ1) is 34.5. The third-order valence-corrected chi connectivity index (χ3v) is 15.4. The number of aryl methyl sites for hydroxylation is 1. The number of aliphatic hydroxyl groups excluding tert-OH is 2. The Kier molecular flexibility index (Phi) is 14.8. The number of rotatable bonds is 6. The van der Waals surface area contributed by atoms with Crippen LogP contribution >= 0.6 is 0 Å². The zero-order chi connectivity index (χ0) is 53.1. The lowest BCUT2D eigenvalue weighted by Gasteiger charge is -2.38. The molecule has 0 spiro atoms. The number of carbonyl (C=O) groups is 3. The summed E-state index contributed by atoms with van der Waals surface area (Å²) in [7, 11) is 1.43. The summed E-state index contributed by atoms with van der Waals surface area (Å²) in [6.07, 6.45) is 7.20. The van der Waals surface area contributed by atoms with Crippen molar-refractivity contribution in [2.24, 2.45) is 23.7 Å². The Labute approximate surface area is 423 Å². The van der Waals surface area contributed by atoms with Gasteiger partial charge in [0.2, 0.25) is 0 Å². The van der Waals surface area contributed by atoms with Crippen molar-refractivity contribution in [1.82, 2.24) is 9.47 Å². The van der Waals surface area contributed by atoms with Crippen LogP contribution in [-0.2, 0) is 30.3 Å². The molecule has 1 aromatic heterocycles. The predicted octanol–water partition coefficient (Wildman–Crippen LogP) is 7.17. The van der Waals surface area contributed by atoms with Gasteiger partial charge in [0.1, 0.15) is 29.2 Å². The number of ether oxygens (including phenoxy) is 4. The minimum absolute atomic E-state index is 0.00995. The van der Waals surface area contributed by atoms with E-state index in [0.717, 1.165) is 12.8 Å². The number of nitrogens with one attached hydrogen (secondary N) is 1. The molecular formula is C55H67FN4O13. The van der Waals surface area contributed by atoms with Crippen LogP contribution < -0.4 is 20.4 Å². The molecule has 1 aliphatic carbocycles. The number of pyridine rings is 1. The standard InChI is InChI=1S/C55H67FN4O13/c1-26-12-11-13-27(2)54(69)57-44-36(25-58-17-19-59(20-18-58)39-23-38-35(22-37(39)56)46(63)28(3)24-60(38)34-14-15-34)49(66)41-42(50(44)67)48(65)32(7)52-43(41)53(68)55(9,73-52)71-21-16-40(70-10)29(4)51(72-33(8)61)31(6)47(64)30(5)45(26)62/h11-13,16,21-24,26,29-31,34,40,45,47,51,62,64-67H,14-15,17-20,25H2,1-10H3,(H,57,69)/b12-11+,21-16+,27-13-/t26-,29+,30+,31+,40-,45-,47+,51+,55-/m0/s1. The van der Waals surface area contributed by atoms with E-state index in [1.807, 2.05) is 16.0 Å². The summed E-state index contributed by atoms with van der Waals surface area (Å²) in [5.74, 6) is -9.10. The van der Waals surface area contributed by atoms with Crippen molar-refractivity contribution in [1.29, 1.82) is 0 Å². The number of esters is 1. The van der Waals surface area contributed by atoms with Gasteiger partial charge in [0, 0.05) is 123 Å². The zero-order valence-electron chi connectivity index (χ0n) is 43.0. The number of allylic oxidation sites excluding steroid dienone is 2. The van der Waals surface area contributed by atoms with Gasteiger partial charge in [-0.2, -0.15) is 0 Å². The minimum atomic E-state index is -2.09. The largest absolute Gasteiger partial charge is 0.507 e. The van der Waals surface area contributed by atoms with E-state index >= 15 is 4.39 Å². The minimum Gasteiger partial charge on any atom is -0.507 e. The number of halogens is 1. The highest BCUT2D eigenvalue weighted by atomic mass is 19.1. The Balaban J connectivity index is 1.19. The number of hydrogen-bond donors (Lipinski definition) is 6. The quantitative estimate of drug-likeness (QED) is 0.0639. The fraction of sp³-hybridized carbons (Fsp3) is 0.491. The number of phenolic OH excluding ortho intramolecular Hbond substituents is 3. The molecule has 3 aromatic carbocycles. The summed E-state index contributed by atoms with van der Waals surface area (Å²) < 4.78 is 41.9. The lowest BCUT2D eigenvalue weighted by Crippen LogP contribution is -2.46. The molecular weight excluding hydrogens is 944 g/mol. The van der Waals surface area contributed by atoms with Crippen LogP contribution in [0.5, 0.6) is 23.0 Å². The summed E-state index contributed by atoms with van der Waals surface area (Å²) in [6, 6.07) is 3.28. The predicted molar refractivity (Wildman–Crippen MR) is 272 cm³/mol. The van der Waals surface area contributed by atoms with Gasteiger partial charge in [-0.15, -0.1) is 0 Å². The van der Waals surface area contributed by atoms with Gasteiger partial charge in [0.25, 0.3) is 11.7 Å². The molecule has 4 aromatic rings. The normalized spacial score (nSPS) is 29.2. The van der Waals surface area contributed by atoms with E-state index < -0.39 is 94.6 Å². The number of aliphatic hydroxyl groups is 2. The Bertz CT molecular complexity index is 3030. The molecule has 17 nitrogen and oxygen atoms in total. The van der Waals surface area contributed by atoms with Gasteiger partial charge in [0.15, 0.2) is 11.2 Å². The van der Waals surface area contributed by atoms with Crippen LogP contribution in [0.2, 0.25) is 0 Å². The molecule has 18 heteroatoms. The Morgan fingerprint density at radius 3 is 2.23 bits per heavy atom. The molecule has 1 amide bonds. The van der Waals surface area contributed by atoms with Crippen LogP contribution in [0, 0.1) is 43.3 Å². The number of Topliss-reactive ketones (excluding diaryl/α,β-unsaturated/α-hetero) is 1. The molecule has 2 fully saturated rings. The number of aromatic nitrogens is 1. The molecule has 5 aliphatic rings. The second kappa shape index (κ2) is 20.4. The van der Waals surface area contributed by atoms with Crippen molar-refractivity contribution in [2.45, 2.75) is 118 Å². The number of piperazine rings is 1. The molecule has 6 N–H and O–H groups in total. The molecule has 0 radical (unpaired) electrons. The second-order valence-corrected chi connectivity index (χ2v) is 20.5. The Morgan fingerprint density at radius 2 is 1.59 bits per heavy atom. The van der Waals surface area contributed by atoms with E-state index in [9.17, 15) is 44.7 Å². The highest BCUT2D eigenvalue weighted by Gasteiger charge is 2.50. The van der Waals surface area contributed by atoms with Gasteiger partial charge in [-0.25, -0.2) is 4.39 Å². The topological polar surface area (TPSA) is 230 Å². The van der Waals surface area contributed by atoms with Crippen molar-refractivity contribution in [3.8, 4) is 23.0 Å². The Hall–Kier alpha value is -6.47. The van der Waals surface area contributed by atoms with Crippen LogP contribution in [0.1, 0.15) is 94.4 Å². The molecule has 1 saturated carbocycles. The van der Waals surface area contributed by atoms with Crippen molar-refractivity contribution in [2.75, 3.05) is 43.5 Å². The number of carbonyl (C=O) groups excluding carboxylic acids is 3. The number of fused-ring (bicyclic) bond motifs is 15. The van der Waals surface area contributed by atoms with Crippen molar-refractivity contribution >= 4 is 50.7 Å². The number of methoxy groups -OCH3 is 1. The number of hydrogen-bond acceptors (Lipinski definition) is 15. The van der Waals surface area contributed by atoms with Crippen LogP contribution in [0.15, 0.2) is 59.3 Å². The van der Waals surface area contributed by atoms with Gasteiger partial charge in [-0.3, -0.25) is 24.1 Å². The highest BCUT2D eigenvalue weighted by molar-refractivity contribution is 6.22. The third-order valence-electron chi connectivity index (χ3n) is 15.4. The number of benzene rings is 3. The third kappa shape index (κ3) is 9.77. The van der Waals surface area contributed by atoms with E-state index in [1.54, 1.807) is 52.8 Å². The van der Waals surface area contributed by atoms with Crippen molar-refractivity contribution < 1.29 is 63.3 Å². The molecule has 9 atom stereocenters. The number of aromatic hydroxyl groups is 3. The maximum atomic E-state index is 16.0. The first kappa shape index (κ1) is 52.8. The number of anilines is 2.